The molecule has 1 saturated heterocycles. The lowest BCUT2D eigenvalue weighted by Gasteiger charge is -2.47. The zero-order valence-corrected chi connectivity index (χ0v) is 17.0. The van der Waals surface area contributed by atoms with Crippen molar-refractivity contribution in [3.05, 3.63) is 34.9 Å². The molecule has 29 heavy (non-hydrogen) atoms. The minimum Gasteiger partial charge on any atom is -0.543 e. The highest BCUT2D eigenvalue weighted by atomic mass is 32.1. The zero-order chi connectivity index (χ0) is 21.0. The van der Waals surface area contributed by atoms with Crippen LogP contribution in [0.4, 0.5) is 0 Å². The number of ether oxygens (including phenoxy) is 1. The van der Waals surface area contributed by atoms with Crippen molar-refractivity contribution in [2.75, 3.05) is 6.61 Å². The van der Waals surface area contributed by atoms with E-state index in [9.17, 15) is 24.6 Å². The van der Waals surface area contributed by atoms with Crippen LogP contribution < -0.4 is 9.51 Å². The number of carbonyl (C=O) groups excluding carboxylic acids is 3. The van der Waals surface area contributed by atoms with E-state index in [1.54, 1.807) is 27.6 Å². The first kappa shape index (κ1) is 19.6. The number of nitrogens with zero attached hydrogens (tertiary/aromatic N) is 3. The van der Waals surface area contributed by atoms with Crippen molar-refractivity contribution in [3.8, 4) is 0 Å². The number of β-lactam (4-membered cyclic amide) rings is 1. The zero-order valence-electron chi connectivity index (χ0n) is 16.2. The molecule has 0 radical (unpaired) electrons. The molecule has 0 bridgehead atoms. The van der Waals surface area contributed by atoms with Crippen molar-refractivity contribution >= 4 is 34.0 Å². The van der Waals surface area contributed by atoms with Gasteiger partial charge in [0, 0.05) is 11.5 Å². The first-order valence-electron chi connectivity index (χ1n) is 9.37. The Labute approximate surface area is 170 Å². The molecule has 4 heterocycles. The average Bonchev–Trinajstić information content (AvgIpc) is 3.26. The Kier molecular flexibility index (Phi) is 4.70. The molecular weight excluding hydrogens is 398 g/mol. The van der Waals surface area contributed by atoms with Crippen LogP contribution in [0, 0.1) is 11.8 Å². The number of aliphatic hydroxyl groups excluding tert-OH is 1. The Morgan fingerprint density at radius 3 is 2.79 bits per heavy atom. The minimum absolute atomic E-state index is 0.114. The number of imidazole rings is 1. The number of aliphatic hydroxyl groups is 1. The second-order valence-electron chi connectivity index (χ2n) is 7.38. The summed E-state index contributed by atoms with van der Waals surface area (Å²) in [5.74, 6) is -3.08. The Morgan fingerprint density at radius 2 is 2.17 bits per heavy atom. The van der Waals surface area contributed by atoms with Gasteiger partial charge in [-0.2, -0.15) is 4.40 Å². The van der Waals surface area contributed by atoms with Gasteiger partial charge in [0.2, 0.25) is 16.4 Å². The molecule has 0 unspecified atom stereocenters. The Balaban J connectivity index is 1.67. The summed E-state index contributed by atoms with van der Waals surface area (Å²) < 4.78 is 8.53. The SMILES string of the molecule is CCOC(=O)c1csc2cn(CC3=C(C(=O)[O-])N4C(=O)[C@H]([C@@H](C)O)[C@H]4[C@H]3C)c[n+]12. The number of hydrogen-bond donors (Lipinski definition) is 1. The van der Waals surface area contributed by atoms with Crippen LogP contribution >= 0.6 is 11.3 Å². The van der Waals surface area contributed by atoms with Gasteiger partial charge >= 0.3 is 5.97 Å². The van der Waals surface area contributed by atoms with Crippen LogP contribution in [0.1, 0.15) is 31.3 Å². The largest absolute Gasteiger partial charge is 0.543 e. The lowest BCUT2D eigenvalue weighted by Crippen LogP contribution is -2.64. The van der Waals surface area contributed by atoms with Crippen molar-refractivity contribution in [1.82, 2.24) is 9.47 Å². The molecule has 0 saturated carbocycles. The summed E-state index contributed by atoms with van der Waals surface area (Å²) in [6, 6.07) is -0.384. The molecule has 1 fully saturated rings. The maximum atomic E-state index is 12.4. The summed E-state index contributed by atoms with van der Waals surface area (Å²) in [6.45, 7) is 5.63. The van der Waals surface area contributed by atoms with E-state index in [2.05, 4.69) is 0 Å². The van der Waals surface area contributed by atoms with Gasteiger partial charge in [-0.05, 0) is 13.8 Å². The number of esters is 1. The first-order chi connectivity index (χ1) is 13.8. The van der Waals surface area contributed by atoms with Crippen LogP contribution in [-0.4, -0.2) is 51.2 Å². The van der Waals surface area contributed by atoms with Gasteiger partial charge in [-0.3, -0.25) is 4.79 Å². The van der Waals surface area contributed by atoms with Crippen LogP contribution in [0.2, 0.25) is 0 Å². The number of aliphatic carboxylic acids is 1. The molecule has 4 rings (SSSR count). The molecule has 2 aliphatic rings. The van der Waals surface area contributed by atoms with Crippen LogP contribution in [0.15, 0.2) is 29.2 Å². The van der Waals surface area contributed by atoms with Gasteiger partial charge in [-0.25, -0.2) is 9.36 Å². The summed E-state index contributed by atoms with van der Waals surface area (Å²) >= 11 is 1.37. The number of aromatic nitrogens is 2. The molecule has 2 aromatic rings. The Bertz CT molecular complexity index is 1050. The standard InChI is InChI=1S/C19H21N3O6S/c1-4-28-19(27)12-7-29-13-6-20(8-21(12)13)5-11-9(2)15-14(10(3)23)17(24)22(15)16(11)18(25)26/h6-10,14-15,23H,4-5H2,1-3H3/t9-,10+,14+,15+/m0/s1. The van der Waals surface area contributed by atoms with E-state index in [1.165, 1.54) is 23.2 Å². The smallest absolute Gasteiger partial charge is 0.379 e. The van der Waals surface area contributed by atoms with Gasteiger partial charge in [0.25, 0.3) is 6.33 Å². The Morgan fingerprint density at radius 1 is 1.45 bits per heavy atom. The van der Waals surface area contributed by atoms with Gasteiger partial charge in [-0.15, -0.1) is 0 Å². The van der Waals surface area contributed by atoms with E-state index in [-0.39, 0.29) is 30.8 Å². The molecule has 0 aliphatic carbocycles. The minimum atomic E-state index is -1.40. The molecule has 2 aliphatic heterocycles. The maximum Gasteiger partial charge on any atom is 0.379 e. The average molecular weight is 419 g/mol. The van der Waals surface area contributed by atoms with Crippen LogP contribution in [0.3, 0.4) is 0 Å². The third kappa shape index (κ3) is 2.85. The van der Waals surface area contributed by atoms with E-state index in [1.807, 2.05) is 13.1 Å². The van der Waals surface area contributed by atoms with Crippen LogP contribution in [0.5, 0.6) is 0 Å². The highest BCUT2D eigenvalue weighted by Crippen LogP contribution is 2.47. The second kappa shape index (κ2) is 6.96. The van der Waals surface area contributed by atoms with Crippen molar-refractivity contribution in [2.24, 2.45) is 11.8 Å². The monoisotopic (exact) mass is 419 g/mol. The van der Waals surface area contributed by atoms with Crippen LogP contribution in [-0.2, 0) is 20.9 Å². The normalized spacial score (nSPS) is 24.6. The van der Waals surface area contributed by atoms with E-state index >= 15 is 0 Å². The molecule has 1 N–H and O–H groups in total. The summed E-state index contributed by atoms with van der Waals surface area (Å²) in [5, 5.41) is 23.4. The first-order valence-corrected chi connectivity index (χ1v) is 10.3. The highest BCUT2D eigenvalue weighted by molar-refractivity contribution is 7.15. The van der Waals surface area contributed by atoms with Crippen molar-refractivity contribution in [1.29, 1.82) is 0 Å². The maximum absolute atomic E-state index is 12.4. The lowest BCUT2D eigenvalue weighted by molar-refractivity contribution is -0.511. The predicted octanol–water partition coefficient (Wildman–Crippen LogP) is -0.673. The van der Waals surface area contributed by atoms with Gasteiger partial charge < -0.3 is 24.6 Å². The predicted molar refractivity (Wildman–Crippen MR) is 98.4 cm³/mol. The van der Waals surface area contributed by atoms with Crippen molar-refractivity contribution < 1.29 is 33.7 Å². The molecule has 154 valence electrons. The third-order valence-electron chi connectivity index (χ3n) is 5.67. The topological polar surface area (TPSA) is 116 Å². The number of rotatable bonds is 6. The summed E-state index contributed by atoms with van der Waals surface area (Å²) in [7, 11) is 0. The van der Waals surface area contributed by atoms with E-state index in [0.29, 0.717) is 11.3 Å². The number of fused-ring (bicyclic) bond motifs is 2. The quantitative estimate of drug-likeness (QED) is 0.377. The van der Waals surface area contributed by atoms with Gasteiger partial charge in [0.15, 0.2) is 0 Å². The number of thiazole rings is 1. The van der Waals surface area contributed by atoms with Gasteiger partial charge in [-0.1, -0.05) is 18.3 Å². The van der Waals surface area contributed by atoms with E-state index in [4.69, 9.17) is 4.74 Å². The van der Waals surface area contributed by atoms with Gasteiger partial charge in [0.1, 0.15) is 12.7 Å². The number of carboxylic acids is 1. The number of carbonyl (C=O) groups is 3. The molecule has 10 heteroatoms. The van der Waals surface area contributed by atoms with Crippen molar-refractivity contribution in [2.45, 2.75) is 39.5 Å². The number of amides is 1. The van der Waals surface area contributed by atoms with Crippen molar-refractivity contribution in [3.63, 3.8) is 0 Å². The summed E-state index contributed by atoms with van der Waals surface area (Å²) in [5.41, 5.74) is 0.844. The molecule has 9 nitrogen and oxygen atoms in total. The molecule has 0 spiro atoms. The number of hydrogen-bond acceptors (Lipinski definition) is 7. The molecule has 1 amide bonds. The fourth-order valence-electron chi connectivity index (χ4n) is 4.36. The fourth-order valence-corrected chi connectivity index (χ4v) is 5.26. The summed E-state index contributed by atoms with van der Waals surface area (Å²) in [4.78, 5) is 38.3. The van der Waals surface area contributed by atoms with Crippen LogP contribution in [0.25, 0.3) is 4.83 Å². The fraction of sp³-hybridized carbons (Fsp3) is 0.474. The Hall–Kier alpha value is -2.72. The van der Waals surface area contributed by atoms with E-state index in [0.717, 1.165) is 4.83 Å². The molecule has 4 atom stereocenters. The van der Waals surface area contributed by atoms with Gasteiger partial charge in [0.05, 0.1) is 41.7 Å². The number of carboxylic acid groups (broad SMARTS) is 1. The lowest BCUT2D eigenvalue weighted by atomic mass is 9.78. The second-order valence-corrected chi connectivity index (χ2v) is 8.27. The third-order valence-corrected chi connectivity index (χ3v) is 6.56. The molecule has 0 aromatic carbocycles. The van der Waals surface area contributed by atoms with E-state index < -0.39 is 29.9 Å². The summed E-state index contributed by atoms with van der Waals surface area (Å²) in [6.07, 6.45) is 2.66. The molecular formula is C19H21N3O6S. The highest BCUT2D eigenvalue weighted by Gasteiger charge is 2.58. The molecule has 2 aromatic heterocycles.